The van der Waals surface area contributed by atoms with Crippen molar-refractivity contribution >= 4 is 17.4 Å². The normalized spacial score (nSPS) is 13.9. The molecule has 1 aliphatic rings. The molecule has 1 N–H and O–H groups in total. The number of ether oxygens (including phenoxy) is 2. The van der Waals surface area contributed by atoms with Gasteiger partial charge in [-0.15, -0.1) is 0 Å². The van der Waals surface area contributed by atoms with Crippen LogP contribution in [0.15, 0.2) is 54.7 Å². The number of hydrogen-bond acceptors (Lipinski definition) is 5. The Morgan fingerprint density at radius 2 is 1.93 bits per heavy atom. The molecule has 7 nitrogen and oxygen atoms in total. The van der Waals surface area contributed by atoms with Crippen molar-refractivity contribution in [2.45, 2.75) is 13.5 Å². The van der Waals surface area contributed by atoms with Crippen molar-refractivity contribution in [1.29, 1.82) is 0 Å². The summed E-state index contributed by atoms with van der Waals surface area (Å²) in [5.41, 5.74) is 3.79. The van der Waals surface area contributed by atoms with Crippen LogP contribution in [0.3, 0.4) is 0 Å². The summed E-state index contributed by atoms with van der Waals surface area (Å²) in [6.45, 7) is 5.00. The van der Waals surface area contributed by atoms with Gasteiger partial charge < -0.3 is 19.7 Å². The molecule has 0 atom stereocenters. The van der Waals surface area contributed by atoms with E-state index in [0.717, 1.165) is 35.6 Å². The number of nitrogens with one attached hydrogen (secondary N) is 1. The van der Waals surface area contributed by atoms with E-state index < -0.39 is 0 Å². The molecule has 1 amide bonds. The Morgan fingerprint density at radius 1 is 1.17 bits per heavy atom. The number of hydrogen-bond donors (Lipinski definition) is 1. The lowest BCUT2D eigenvalue weighted by atomic mass is 10.1. The lowest BCUT2D eigenvalue weighted by Crippen LogP contribution is -2.36. The van der Waals surface area contributed by atoms with Crippen molar-refractivity contribution in [3.05, 3.63) is 60.3 Å². The first kappa shape index (κ1) is 20.0. The van der Waals surface area contributed by atoms with Gasteiger partial charge in [-0.1, -0.05) is 36.4 Å². The number of amides is 1. The minimum absolute atomic E-state index is 0.112. The van der Waals surface area contributed by atoms with Gasteiger partial charge in [-0.25, -0.2) is 0 Å². The third-order valence-corrected chi connectivity index (χ3v) is 5.07. The molecule has 3 aromatic rings. The molecule has 0 bridgehead atoms. The number of aryl methyl sites for hydroxylation is 1. The molecule has 2 aromatic carbocycles. The van der Waals surface area contributed by atoms with Gasteiger partial charge in [-0.3, -0.25) is 9.48 Å². The van der Waals surface area contributed by atoms with E-state index in [2.05, 4.69) is 22.3 Å². The van der Waals surface area contributed by atoms with E-state index in [1.165, 1.54) is 0 Å². The van der Waals surface area contributed by atoms with Crippen LogP contribution in [0.2, 0.25) is 0 Å². The molecular formula is C23H26N4O3. The topological polar surface area (TPSA) is 68.6 Å². The average molecular weight is 406 g/mol. The van der Waals surface area contributed by atoms with Gasteiger partial charge in [0.2, 0.25) is 5.91 Å². The largest absolute Gasteiger partial charge is 0.495 e. The minimum atomic E-state index is -0.158. The second-order valence-electron chi connectivity index (χ2n) is 7.28. The van der Waals surface area contributed by atoms with E-state index >= 15 is 0 Å². The van der Waals surface area contributed by atoms with E-state index in [9.17, 15) is 4.79 Å². The summed E-state index contributed by atoms with van der Waals surface area (Å²) in [6, 6.07) is 15.8. The highest BCUT2D eigenvalue weighted by Crippen LogP contribution is 2.30. The van der Waals surface area contributed by atoms with Crippen LogP contribution in [0.5, 0.6) is 5.75 Å². The Balaban J connectivity index is 1.58. The van der Waals surface area contributed by atoms with Gasteiger partial charge in [-0.05, 0) is 30.2 Å². The fourth-order valence-corrected chi connectivity index (χ4v) is 3.58. The number of carbonyl (C=O) groups is 1. The highest BCUT2D eigenvalue weighted by atomic mass is 16.5. The molecule has 30 heavy (non-hydrogen) atoms. The summed E-state index contributed by atoms with van der Waals surface area (Å²) in [5, 5.41) is 7.69. The lowest BCUT2D eigenvalue weighted by molar-refractivity contribution is -0.116. The first-order chi connectivity index (χ1) is 14.6. The van der Waals surface area contributed by atoms with Gasteiger partial charge in [0.25, 0.3) is 0 Å². The van der Waals surface area contributed by atoms with E-state index in [0.29, 0.717) is 24.7 Å². The minimum Gasteiger partial charge on any atom is -0.495 e. The Kier molecular flexibility index (Phi) is 5.99. The molecule has 1 saturated heterocycles. The summed E-state index contributed by atoms with van der Waals surface area (Å²) >= 11 is 0. The second-order valence-corrected chi connectivity index (χ2v) is 7.28. The Labute approximate surface area is 176 Å². The molecule has 1 fully saturated rings. The number of benzene rings is 2. The van der Waals surface area contributed by atoms with Crippen molar-refractivity contribution in [3.8, 4) is 16.9 Å². The van der Waals surface area contributed by atoms with Gasteiger partial charge in [0, 0.05) is 24.8 Å². The maximum atomic E-state index is 12.7. The molecular weight excluding hydrogens is 380 g/mol. The Hall–Kier alpha value is -3.32. The van der Waals surface area contributed by atoms with Gasteiger partial charge in [0.15, 0.2) is 5.82 Å². The average Bonchev–Trinajstić information content (AvgIpc) is 3.19. The standard InChI is InChI=1S/C23H26N4O3/c1-17-8-9-21(29-2)20(14-17)24-22(28)16-27-15-19(18-6-4-3-5-7-18)23(25-27)26-10-12-30-13-11-26/h3-9,14-15H,10-13,16H2,1-2H3,(H,24,28). The van der Waals surface area contributed by atoms with Crippen molar-refractivity contribution < 1.29 is 14.3 Å². The molecule has 0 spiro atoms. The molecule has 2 heterocycles. The van der Waals surface area contributed by atoms with Gasteiger partial charge in [-0.2, -0.15) is 5.10 Å². The smallest absolute Gasteiger partial charge is 0.246 e. The maximum Gasteiger partial charge on any atom is 0.246 e. The SMILES string of the molecule is COc1ccc(C)cc1NC(=O)Cn1cc(-c2ccccc2)c(N2CCOCC2)n1. The third-order valence-electron chi connectivity index (χ3n) is 5.07. The number of morpholine rings is 1. The monoisotopic (exact) mass is 406 g/mol. The molecule has 0 unspecified atom stereocenters. The number of rotatable bonds is 6. The van der Waals surface area contributed by atoms with Crippen LogP contribution < -0.4 is 15.0 Å². The quantitative estimate of drug-likeness (QED) is 0.680. The summed E-state index contributed by atoms with van der Waals surface area (Å²) in [4.78, 5) is 14.9. The third kappa shape index (κ3) is 4.46. The molecule has 0 saturated carbocycles. The molecule has 0 aliphatic carbocycles. The first-order valence-electron chi connectivity index (χ1n) is 10.0. The summed E-state index contributed by atoms with van der Waals surface area (Å²) < 4.78 is 12.5. The Bertz CT molecular complexity index is 1010. The molecule has 156 valence electrons. The second kappa shape index (κ2) is 9.00. The molecule has 1 aromatic heterocycles. The number of anilines is 2. The van der Waals surface area contributed by atoms with E-state index in [1.807, 2.05) is 49.5 Å². The highest BCUT2D eigenvalue weighted by Gasteiger charge is 2.20. The first-order valence-corrected chi connectivity index (χ1v) is 10.0. The fraction of sp³-hybridized carbons (Fsp3) is 0.304. The van der Waals surface area contributed by atoms with Crippen molar-refractivity contribution in [1.82, 2.24) is 9.78 Å². The maximum absolute atomic E-state index is 12.7. The number of aromatic nitrogens is 2. The van der Waals surface area contributed by atoms with Crippen molar-refractivity contribution in [3.63, 3.8) is 0 Å². The molecule has 4 rings (SSSR count). The van der Waals surface area contributed by atoms with Crippen molar-refractivity contribution in [2.24, 2.45) is 0 Å². The number of methoxy groups -OCH3 is 1. The zero-order chi connectivity index (χ0) is 20.9. The zero-order valence-electron chi connectivity index (χ0n) is 17.3. The van der Waals surface area contributed by atoms with Gasteiger partial charge in [0.05, 0.1) is 26.0 Å². The summed E-state index contributed by atoms with van der Waals surface area (Å²) in [5.74, 6) is 1.35. The predicted molar refractivity (Wildman–Crippen MR) is 117 cm³/mol. The van der Waals surface area contributed by atoms with Crippen LogP contribution in [-0.4, -0.2) is 49.1 Å². The van der Waals surface area contributed by atoms with Crippen LogP contribution in [0.4, 0.5) is 11.5 Å². The zero-order valence-corrected chi connectivity index (χ0v) is 17.3. The summed E-state index contributed by atoms with van der Waals surface area (Å²) in [7, 11) is 1.59. The van der Waals surface area contributed by atoms with Crippen molar-refractivity contribution in [2.75, 3.05) is 43.6 Å². The van der Waals surface area contributed by atoms with Crippen LogP contribution >= 0.6 is 0 Å². The highest BCUT2D eigenvalue weighted by molar-refractivity contribution is 5.92. The molecule has 7 heteroatoms. The predicted octanol–water partition coefficient (Wildman–Crippen LogP) is 3.34. The van der Waals surface area contributed by atoms with Crippen LogP contribution in [0, 0.1) is 6.92 Å². The Morgan fingerprint density at radius 3 is 2.67 bits per heavy atom. The van der Waals surface area contributed by atoms with E-state index in [-0.39, 0.29) is 12.5 Å². The molecule has 1 aliphatic heterocycles. The number of nitrogens with zero attached hydrogens (tertiary/aromatic N) is 3. The number of carbonyl (C=O) groups excluding carboxylic acids is 1. The van der Waals surface area contributed by atoms with Crippen LogP contribution in [0.25, 0.3) is 11.1 Å². The molecule has 0 radical (unpaired) electrons. The van der Waals surface area contributed by atoms with Gasteiger partial charge >= 0.3 is 0 Å². The van der Waals surface area contributed by atoms with Gasteiger partial charge in [0.1, 0.15) is 12.3 Å². The van der Waals surface area contributed by atoms with Crippen LogP contribution in [0.1, 0.15) is 5.56 Å². The lowest BCUT2D eigenvalue weighted by Gasteiger charge is -2.27. The van der Waals surface area contributed by atoms with Crippen LogP contribution in [-0.2, 0) is 16.1 Å². The fourth-order valence-electron chi connectivity index (χ4n) is 3.58. The summed E-state index contributed by atoms with van der Waals surface area (Å²) in [6.07, 6.45) is 1.94. The van der Waals surface area contributed by atoms with E-state index in [4.69, 9.17) is 14.6 Å². The van der Waals surface area contributed by atoms with E-state index in [1.54, 1.807) is 11.8 Å².